The predicted molar refractivity (Wildman–Crippen MR) is 60.0 cm³/mol. The van der Waals surface area contributed by atoms with Crippen LogP contribution in [0.5, 0.6) is 0 Å². The van der Waals surface area contributed by atoms with Gasteiger partial charge in [-0.05, 0) is 0 Å². The van der Waals surface area contributed by atoms with Crippen LogP contribution in [0.3, 0.4) is 0 Å². The summed E-state index contributed by atoms with van der Waals surface area (Å²) in [5.74, 6) is 0. The summed E-state index contributed by atoms with van der Waals surface area (Å²) < 4.78 is 0. The normalized spacial score (nSPS) is 8.13. The van der Waals surface area contributed by atoms with E-state index in [1.807, 2.05) is 42.5 Å². The summed E-state index contributed by atoms with van der Waals surface area (Å²) in [4.78, 5) is 0. The molecule has 0 aliphatic rings. The van der Waals surface area contributed by atoms with Crippen LogP contribution in [0.4, 0.5) is 0 Å². The van der Waals surface area contributed by atoms with Crippen molar-refractivity contribution >= 4 is 0 Å². The monoisotopic (exact) mass is 366 g/mol. The molecule has 0 atom stereocenters. The molecule has 0 saturated heterocycles. The Labute approximate surface area is 107 Å². The first-order valence-corrected chi connectivity index (χ1v) is 4.65. The second-order valence-corrected chi connectivity index (χ2v) is 3.06. The van der Waals surface area contributed by atoms with E-state index in [2.05, 4.69) is 32.0 Å². The minimum atomic E-state index is 0. The maximum absolute atomic E-state index is 3.10. The van der Waals surface area contributed by atoms with Crippen LogP contribution < -0.4 is 0 Å². The van der Waals surface area contributed by atoms with Gasteiger partial charge in [-0.3, -0.25) is 0 Å². The molecule has 0 nitrogen and oxygen atoms in total. The maximum atomic E-state index is 3.10. The predicted octanol–water partition coefficient (Wildman–Crippen LogP) is 3.59. The molecule has 0 fully saturated rings. The second-order valence-electron chi connectivity index (χ2n) is 3.06. The molecule has 0 aliphatic heterocycles. The third-order valence-electron chi connectivity index (χ3n) is 1.94. The Bertz CT molecular complexity index is 307. The molecule has 0 heterocycles. The summed E-state index contributed by atoms with van der Waals surface area (Å²) >= 11 is 0. The topological polar surface area (TPSA) is 0 Å². The fourth-order valence-corrected chi connectivity index (χ4v) is 0.946. The van der Waals surface area contributed by atoms with Crippen LogP contribution in [0.2, 0.25) is 0 Å². The summed E-state index contributed by atoms with van der Waals surface area (Å²) in [6.45, 7) is 4.15. The van der Waals surface area contributed by atoms with E-state index >= 15 is 0 Å². The van der Waals surface area contributed by atoms with Crippen molar-refractivity contribution in [1.82, 2.24) is 0 Å². The van der Waals surface area contributed by atoms with E-state index < -0.39 is 0 Å². The van der Waals surface area contributed by atoms with Crippen LogP contribution in [-0.2, 0) is 21.1 Å². The summed E-state index contributed by atoms with van der Waals surface area (Å²) in [5, 5.41) is 0. The molecule has 0 aromatic heterocycles. The fraction of sp³-hybridized carbons (Fsp3) is 0.143. The SMILES string of the molecule is Cc1[c-]cccc1C.[W+2].[c-]1ccccc1. The van der Waals surface area contributed by atoms with Gasteiger partial charge in [0.2, 0.25) is 0 Å². The maximum Gasteiger partial charge on any atom is 2.00 e. The average molecular weight is 366 g/mol. The van der Waals surface area contributed by atoms with E-state index in [1.165, 1.54) is 11.1 Å². The zero-order chi connectivity index (χ0) is 10.2. The number of benzene rings is 2. The molecule has 0 bridgehead atoms. The van der Waals surface area contributed by atoms with Crippen molar-refractivity contribution in [2.45, 2.75) is 13.8 Å². The molecule has 2 rings (SSSR count). The summed E-state index contributed by atoms with van der Waals surface area (Å²) in [6.07, 6.45) is 0. The Hall–Kier alpha value is -0.872. The van der Waals surface area contributed by atoms with Crippen LogP contribution >= 0.6 is 0 Å². The Morgan fingerprint density at radius 2 is 1.53 bits per heavy atom. The molecule has 1 heteroatoms. The zero-order valence-electron chi connectivity index (χ0n) is 9.03. The van der Waals surface area contributed by atoms with Crippen molar-refractivity contribution < 1.29 is 21.1 Å². The van der Waals surface area contributed by atoms with Crippen LogP contribution in [0.25, 0.3) is 0 Å². The molecular weight excluding hydrogens is 352 g/mol. The minimum Gasteiger partial charge on any atom is -0.184 e. The molecule has 76 valence electrons. The molecule has 0 aliphatic carbocycles. The number of hydrogen-bond donors (Lipinski definition) is 0. The molecule has 2 aromatic rings. The summed E-state index contributed by atoms with van der Waals surface area (Å²) in [5.41, 5.74) is 2.56. The molecule has 15 heavy (non-hydrogen) atoms. The van der Waals surface area contributed by atoms with Gasteiger partial charge in [0, 0.05) is 0 Å². The van der Waals surface area contributed by atoms with Crippen LogP contribution in [0.15, 0.2) is 48.5 Å². The van der Waals surface area contributed by atoms with Crippen molar-refractivity contribution in [3.63, 3.8) is 0 Å². The Morgan fingerprint density at radius 1 is 0.867 bits per heavy atom. The van der Waals surface area contributed by atoms with Gasteiger partial charge in [0.1, 0.15) is 0 Å². The van der Waals surface area contributed by atoms with Crippen molar-refractivity contribution in [3.05, 3.63) is 71.8 Å². The van der Waals surface area contributed by atoms with E-state index in [0.717, 1.165) is 0 Å². The molecule has 0 N–H and O–H groups in total. The number of rotatable bonds is 0. The summed E-state index contributed by atoms with van der Waals surface area (Å²) in [6, 6.07) is 21.6. The summed E-state index contributed by atoms with van der Waals surface area (Å²) in [7, 11) is 0. The first-order valence-electron chi connectivity index (χ1n) is 4.65. The zero-order valence-corrected chi connectivity index (χ0v) is 12.0. The third kappa shape index (κ3) is 6.25. The van der Waals surface area contributed by atoms with Gasteiger partial charge in [0.15, 0.2) is 0 Å². The van der Waals surface area contributed by atoms with Gasteiger partial charge in [0.25, 0.3) is 0 Å². The van der Waals surface area contributed by atoms with Crippen LogP contribution in [0.1, 0.15) is 11.1 Å². The van der Waals surface area contributed by atoms with E-state index in [1.54, 1.807) is 0 Å². The van der Waals surface area contributed by atoms with Gasteiger partial charge in [-0.1, -0.05) is 13.8 Å². The molecular formula is C14H14W. The standard InChI is InChI=1S/C8H9.C6H5.W/c1-7-5-3-4-6-8(7)2;1-2-4-6-5-3-1;/h3-5H,1-2H3;1-5H;/q2*-1;+2. The second kappa shape index (κ2) is 8.44. The Morgan fingerprint density at radius 3 is 1.80 bits per heavy atom. The number of aryl methyl sites for hydroxylation is 2. The van der Waals surface area contributed by atoms with Crippen molar-refractivity contribution in [2.75, 3.05) is 0 Å². The Balaban J connectivity index is 0.000000253. The van der Waals surface area contributed by atoms with Crippen molar-refractivity contribution in [2.24, 2.45) is 0 Å². The first-order chi connectivity index (χ1) is 6.80. The molecule has 0 saturated carbocycles. The van der Waals surface area contributed by atoms with E-state index in [-0.39, 0.29) is 21.1 Å². The third-order valence-corrected chi connectivity index (χ3v) is 1.94. The van der Waals surface area contributed by atoms with E-state index in [9.17, 15) is 0 Å². The molecule has 0 amide bonds. The smallest absolute Gasteiger partial charge is 0.184 e. The van der Waals surface area contributed by atoms with Crippen molar-refractivity contribution in [1.29, 1.82) is 0 Å². The van der Waals surface area contributed by atoms with Gasteiger partial charge in [0.05, 0.1) is 0 Å². The first kappa shape index (κ1) is 14.1. The van der Waals surface area contributed by atoms with Gasteiger partial charge < -0.3 is 0 Å². The fourth-order valence-electron chi connectivity index (χ4n) is 0.946. The van der Waals surface area contributed by atoms with E-state index in [4.69, 9.17) is 0 Å². The molecule has 0 spiro atoms. The largest absolute Gasteiger partial charge is 2.00 e. The van der Waals surface area contributed by atoms with E-state index in [0.29, 0.717) is 0 Å². The van der Waals surface area contributed by atoms with Gasteiger partial charge in [-0.15, -0.1) is 0 Å². The quantitative estimate of drug-likeness (QED) is 0.626. The van der Waals surface area contributed by atoms with Gasteiger partial charge in [-0.25, -0.2) is 0 Å². The molecule has 0 unspecified atom stereocenters. The van der Waals surface area contributed by atoms with Gasteiger partial charge in [-0.2, -0.15) is 71.8 Å². The van der Waals surface area contributed by atoms with Crippen LogP contribution in [-0.4, -0.2) is 0 Å². The average Bonchev–Trinajstić information content (AvgIpc) is 2.26. The number of hydrogen-bond acceptors (Lipinski definition) is 0. The molecule has 0 radical (unpaired) electrons. The minimum absolute atomic E-state index is 0. The molecule has 2 aromatic carbocycles. The van der Waals surface area contributed by atoms with Crippen LogP contribution in [0, 0.1) is 26.0 Å². The van der Waals surface area contributed by atoms with Crippen molar-refractivity contribution in [3.8, 4) is 0 Å². The Kier molecular flexibility index (Phi) is 7.95. The van der Waals surface area contributed by atoms with Gasteiger partial charge >= 0.3 is 21.1 Å².